The van der Waals surface area contributed by atoms with Crippen LogP contribution in [0.1, 0.15) is 31.3 Å². The van der Waals surface area contributed by atoms with Crippen LogP contribution in [0.4, 0.5) is 4.79 Å². The number of halogens is 1. The van der Waals surface area contributed by atoms with Crippen LogP contribution in [0.5, 0.6) is 5.88 Å². The van der Waals surface area contributed by atoms with E-state index in [1.807, 2.05) is 20.8 Å². The van der Waals surface area contributed by atoms with E-state index in [0.717, 1.165) is 0 Å². The van der Waals surface area contributed by atoms with Crippen LogP contribution in [-0.2, 0) is 4.74 Å². The van der Waals surface area contributed by atoms with Crippen molar-refractivity contribution < 1.29 is 19.1 Å². The zero-order valence-corrected chi connectivity index (χ0v) is 15.6. The highest BCUT2D eigenvalue weighted by Crippen LogP contribution is 2.22. The lowest BCUT2D eigenvalue weighted by molar-refractivity contribution is 0.0177. The van der Waals surface area contributed by atoms with Crippen LogP contribution in [0, 0.1) is 0 Å². The normalized spacial score (nSPS) is 18.2. The van der Waals surface area contributed by atoms with Gasteiger partial charge in [0.2, 0.25) is 5.88 Å². The number of piperazine rings is 1. The third-order valence-electron chi connectivity index (χ3n) is 3.28. The molecule has 2 heterocycles. The molecule has 1 aliphatic heterocycles. The molecule has 1 atom stereocenters. The summed E-state index contributed by atoms with van der Waals surface area (Å²) in [4.78, 5) is 28.7. The first-order valence-electron chi connectivity index (χ1n) is 7.74. The molecule has 2 rings (SSSR count). The van der Waals surface area contributed by atoms with Gasteiger partial charge in [-0.15, -0.1) is 0 Å². The molecule has 8 heteroatoms. The van der Waals surface area contributed by atoms with Crippen LogP contribution in [-0.4, -0.2) is 60.1 Å². The molecule has 0 aliphatic carbocycles. The van der Waals surface area contributed by atoms with Gasteiger partial charge in [-0.05, 0) is 48.8 Å². The molecule has 1 saturated heterocycles. The molecule has 1 aliphatic rings. The maximum Gasteiger partial charge on any atom is 0.410 e. The molecule has 0 spiro atoms. The van der Waals surface area contributed by atoms with E-state index in [1.54, 1.807) is 17.0 Å². The lowest BCUT2D eigenvalue weighted by atomic mass is 10.2. The van der Waals surface area contributed by atoms with E-state index in [9.17, 15) is 9.59 Å². The Morgan fingerprint density at radius 3 is 2.92 bits per heavy atom. The van der Waals surface area contributed by atoms with Crippen LogP contribution in [0.25, 0.3) is 0 Å². The summed E-state index contributed by atoms with van der Waals surface area (Å²) < 4.78 is 11.8. The quantitative estimate of drug-likeness (QED) is 0.781. The van der Waals surface area contributed by atoms with Crippen molar-refractivity contribution in [3.05, 3.63) is 22.3 Å². The predicted molar refractivity (Wildman–Crippen MR) is 92.4 cm³/mol. The average molecular weight is 400 g/mol. The van der Waals surface area contributed by atoms with Crippen LogP contribution < -0.4 is 10.1 Å². The van der Waals surface area contributed by atoms with Crippen molar-refractivity contribution >= 4 is 28.3 Å². The van der Waals surface area contributed by atoms with Crippen molar-refractivity contribution in [3.63, 3.8) is 0 Å². The SMILES string of the molecule is CC(C)(C)OC(=O)N1CCNC(COc2nc(C=O)ccc2Br)C1. The van der Waals surface area contributed by atoms with E-state index in [2.05, 4.69) is 26.2 Å². The molecule has 0 radical (unpaired) electrons. The third kappa shape index (κ3) is 5.45. The predicted octanol–water partition coefficient (Wildman–Crippen LogP) is 2.24. The smallest absolute Gasteiger partial charge is 0.410 e. The number of aldehydes is 1. The number of amides is 1. The van der Waals surface area contributed by atoms with Crippen molar-refractivity contribution in [3.8, 4) is 5.88 Å². The Hall–Kier alpha value is -1.67. The molecular formula is C16H22BrN3O4. The second-order valence-corrected chi connectivity index (χ2v) is 7.38. The summed E-state index contributed by atoms with van der Waals surface area (Å²) in [6.45, 7) is 7.60. The topological polar surface area (TPSA) is 80.8 Å². The second-order valence-electron chi connectivity index (χ2n) is 6.53. The van der Waals surface area contributed by atoms with Gasteiger partial charge in [-0.1, -0.05) is 0 Å². The van der Waals surface area contributed by atoms with Gasteiger partial charge in [0.25, 0.3) is 0 Å². The number of hydrogen-bond acceptors (Lipinski definition) is 6. The van der Waals surface area contributed by atoms with Crippen molar-refractivity contribution in [1.29, 1.82) is 0 Å². The van der Waals surface area contributed by atoms with Gasteiger partial charge in [0.1, 0.15) is 17.9 Å². The summed E-state index contributed by atoms with van der Waals surface area (Å²) in [5, 5.41) is 3.30. The molecule has 132 valence electrons. The molecular weight excluding hydrogens is 378 g/mol. The minimum atomic E-state index is -0.516. The van der Waals surface area contributed by atoms with E-state index in [-0.39, 0.29) is 12.1 Å². The maximum absolute atomic E-state index is 12.1. The molecule has 1 unspecified atom stereocenters. The Morgan fingerprint density at radius 2 is 2.25 bits per heavy atom. The largest absolute Gasteiger partial charge is 0.475 e. The van der Waals surface area contributed by atoms with E-state index in [0.29, 0.717) is 48.6 Å². The molecule has 1 N–H and O–H groups in total. The van der Waals surface area contributed by atoms with Gasteiger partial charge in [-0.2, -0.15) is 0 Å². The minimum Gasteiger partial charge on any atom is -0.475 e. The number of carbonyl (C=O) groups excluding carboxylic acids is 2. The van der Waals surface area contributed by atoms with Gasteiger partial charge >= 0.3 is 6.09 Å². The number of hydrogen-bond donors (Lipinski definition) is 1. The number of carbonyl (C=O) groups is 2. The Bertz CT molecular complexity index is 603. The van der Waals surface area contributed by atoms with Crippen molar-refractivity contribution in [2.45, 2.75) is 32.4 Å². The number of pyridine rings is 1. The first-order valence-corrected chi connectivity index (χ1v) is 8.53. The Kier molecular flexibility index (Phi) is 6.17. The number of ether oxygens (including phenoxy) is 2. The van der Waals surface area contributed by atoms with Crippen LogP contribution in [0.3, 0.4) is 0 Å². The van der Waals surface area contributed by atoms with E-state index >= 15 is 0 Å². The maximum atomic E-state index is 12.1. The van der Waals surface area contributed by atoms with Crippen LogP contribution >= 0.6 is 15.9 Å². The molecule has 0 saturated carbocycles. The van der Waals surface area contributed by atoms with E-state index < -0.39 is 5.60 Å². The van der Waals surface area contributed by atoms with Crippen molar-refractivity contribution in [2.75, 3.05) is 26.2 Å². The summed E-state index contributed by atoms with van der Waals surface area (Å²) in [6, 6.07) is 3.28. The van der Waals surface area contributed by atoms with Gasteiger partial charge in [0, 0.05) is 19.6 Å². The lowest BCUT2D eigenvalue weighted by Gasteiger charge is -2.34. The molecule has 1 aromatic rings. The summed E-state index contributed by atoms with van der Waals surface area (Å²) in [5.74, 6) is 0.357. The van der Waals surface area contributed by atoms with Crippen molar-refractivity contribution in [2.24, 2.45) is 0 Å². The summed E-state index contributed by atoms with van der Waals surface area (Å²) in [5.41, 5.74) is -0.210. The van der Waals surface area contributed by atoms with Gasteiger partial charge in [-0.3, -0.25) is 4.79 Å². The molecule has 24 heavy (non-hydrogen) atoms. The number of rotatable bonds is 4. The van der Waals surface area contributed by atoms with Gasteiger partial charge in [0.05, 0.1) is 10.5 Å². The van der Waals surface area contributed by atoms with Gasteiger partial charge in [0.15, 0.2) is 6.29 Å². The number of aromatic nitrogens is 1. The molecule has 7 nitrogen and oxygen atoms in total. The van der Waals surface area contributed by atoms with Crippen LogP contribution in [0.2, 0.25) is 0 Å². The zero-order valence-electron chi connectivity index (χ0n) is 14.0. The highest BCUT2D eigenvalue weighted by atomic mass is 79.9. The Balaban J connectivity index is 1.91. The average Bonchev–Trinajstić information content (AvgIpc) is 2.53. The second kappa shape index (κ2) is 7.94. The Labute approximate surface area is 149 Å². The van der Waals surface area contributed by atoms with E-state index in [1.165, 1.54) is 0 Å². The molecule has 0 bridgehead atoms. The monoisotopic (exact) mass is 399 g/mol. The van der Waals surface area contributed by atoms with Gasteiger partial charge < -0.3 is 19.7 Å². The standard InChI is InChI=1S/C16H22BrN3O4/c1-16(2,3)24-15(22)20-7-6-18-12(8-20)10-23-14-13(17)5-4-11(9-21)19-14/h4-5,9,12,18H,6-8,10H2,1-3H3. The number of nitrogens with zero attached hydrogens (tertiary/aromatic N) is 2. The highest BCUT2D eigenvalue weighted by molar-refractivity contribution is 9.10. The fourth-order valence-electron chi connectivity index (χ4n) is 2.21. The van der Waals surface area contributed by atoms with Gasteiger partial charge in [-0.25, -0.2) is 9.78 Å². The highest BCUT2D eigenvalue weighted by Gasteiger charge is 2.27. The summed E-state index contributed by atoms with van der Waals surface area (Å²) >= 11 is 3.34. The van der Waals surface area contributed by atoms with Crippen molar-refractivity contribution in [1.82, 2.24) is 15.2 Å². The summed E-state index contributed by atoms with van der Waals surface area (Å²) in [6.07, 6.45) is 0.346. The summed E-state index contributed by atoms with van der Waals surface area (Å²) in [7, 11) is 0. The molecule has 0 aromatic carbocycles. The third-order valence-corrected chi connectivity index (χ3v) is 3.89. The van der Waals surface area contributed by atoms with E-state index in [4.69, 9.17) is 9.47 Å². The first-order chi connectivity index (χ1) is 11.3. The molecule has 1 fully saturated rings. The molecule has 1 aromatic heterocycles. The fourth-order valence-corrected chi connectivity index (χ4v) is 2.55. The molecule has 1 amide bonds. The Morgan fingerprint density at radius 1 is 1.50 bits per heavy atom. The zero-order chi connectivity index (χ0) is 17.7. The fraction of sp³-hybridized carbons (Fsp3) is 0.562. The van der Waals surface area contributed by atoms with Crippen LogP contribution in [0.15, 0.2) is 16.6 Å². The number of nitrogens with one attached hydrogen (secondary N) is 1. The minimum absolute atomic E-state index is 0.0418. The lowest BCUT2D eigenvalue weighted by Crippen LogP contribution is -2.55. The first kappa shape index (κ1) is 18.7.